The molecule has 2 atom stereocenters. The maximum Gasteiger partial charge on any atom is 0.407 e. The summed E-state index contributed by atoms with van der Waals surface area (Å²) in [6.07, 6.45) is 7.37. The fourth-order valence-corrected chi connectivity index (χ4v) is 1.20. The lowest BCUT2D eigenvalue weighted by molar-refractivity contribution is 0.0359. The Balaban J connectivity index is 2.70. The first-order valence-corrected chi connectivity index (χ1v) is 4.35. The molecule has 0 aliphatic heterocycles. The molecule has 0 bridgehead atoms. The summed E-state index contributed by atoms with van der Waals surface area (Å²) >= 11 is 0. The van der Waals surface area contributed by atoms with Crippen LogP contribution < -0.4 is 5.32 Å². The average Bonchev–Trinajstić information content (AvgIpc) is 2.10. The highest BCUT2D eigenvalue weighted by Crippen LogP contribution is 2.27. The van der Waals surface area contributed by atoms with Crippen molar-refractivity contribution in [1.82, 2.24) is 5.32 Å². The van der Waals surface area contributed by atoms with Crippen LogP contribution in [0.3, 0.4) is 0 Å². The zero-order chi connectivity index (χ0) is 9.90. The maximum atomic E-state index is 11.0. The molecule has 0 aromatic heterocycles. The van der Waals surface area contributed by atoms with Gasteiger partial charge in [0, 0.05) is 13.0 Å². The summed E-state index contributed by atoms with van der Waals surface area (Å²) in [5.74, 6) is 0.204. The Hall–Kier alpha value is -1.25. The van der Waals surface area contributed by atoms with Crippen molar-refractivity contribution < 1.29 is 9.53 Å². The molecule has 0 radical (unpaired) electrons. The fourth-order valence-electron chi connectivity index (χ4n) is 1.20. The number of allylic oxidation sites excluding steroid dienone is 2. The Kier molecular flexibility index (Phi) is 2.76. The van der Waals surface area contributed by atoms with Gasteiger partial charge in [-0.25, -0.2) is 4.79 Å². The molecule has 2 unspecified atom stereocenters. The predicted octanol–water partition coefficient (Wildman–Crippen LogP) is 1.86. The Labute approximate surface area is 78.5 Å². The van der Waals surface area contributed by atoms with Gasteiger partial charge in [-0.1, -0.05) is 25.2 Å². The third-order valence-electron chi connectivity index (χ3n) is 2.36. The van der Waals surface area contributed by atoms with Gasteiger partial charge in [-0.3, -0.25) is 0 Å². The zero-order valence-electron chi connectivity index (χ0n) is 8.20. The molecule has 72 valence electrons. The van der Waals surface area contributed by atoms with E-state index in [4.69, 9.17) is 4.74 Å². The first-order chi connectivity index (χ1) is 6.08. The van der Waals surface area contributed by atoms with E-state index in [0.29, 0.717) is 0 Å². The fraction of sp³-hybridized carbons (Fsp3) is 0.500. The van der Waals surface area contributed by atoms with Crippen molar-refractivity contribution in [2.45, 2.75) is 19.4 Å². The van der Waals surface area contributed by atoms with E-state index in [1.165, 1.54) is 0 Å². The number of alkyl carbamates (subject to hydrolysis) is 1. The van der Waals surface area contributed by atoms with E-state index in [1.807, 2.05) is 38.2 Å². The highest BCUT2D eigenvalue weighted by atomic mass is 16.6. The minimum Gasteiger partial charge on any atom is -0.438 e. The van der Waals surface area contributed by atoms with Crippen LogP contribution in [0.4, 0.5) is 4.79 Å². The van der Waals surface area contributed by atoms with Crippen LogP contribution in [0.15, 0.2) is 24.3 Å². The van der Waals surface area contributed by atoms with Gasteiger partial charge in [-0.15, -0.1) is 0 Å². The molecule has 0 aromatic carbocycles. The van der Waals surface area contributed by atoms with Crippen molar-refractivity contribution in [2.75, 3.05) is 7.05 Å². The Bertz CT molecular complexity index is 258. The molecule has 0 fully saturated rings. The maximum absolute atomic E-state index is 11.0. The SMILES string of the molecule is CNC(=O)OC1(C)C=CC=CC1C. The van der Waals surface area contributed by atoms with Crippen LogP contribution in [0.5, 0.6) is 0 Å². The number of rotatable bonds is 1. The van der Waals surface area contributed by atoms with Gasteiger partial charge in [0.2, 0.25) is 0 Å². The number of hydrogen-bond acceptors (Lipinski definition) is 2. The summed E-state index contributed by atoms with van der Waals surface area (Å²) in [5.41, 5.74) is -0.519. The molecule has 1 N–H and O–H groups in total. The number of carbonyl (C=O) groups excluding carboxylic acids is 1. The molecule has 3 nitrogen and oxygen atoms in total. The van der Waals surface area contributed by atoms with Crippen LogP contribution in [-0.2, 0) is 4.74 Å². The van der Waals surface area contributed by atoms with Crippen LogP contribution >= 0.6 is 0 Å². The molecule has 1 amide bonds. The number of amides is 1. The van der Waals surface area contributed by atoms with Crippen LogP contribution in [0.1, 0.15) is 13.8 Å². The molecule has 0 saturated carbocycles. The summed E-state index contributed by atoms with van der Waals surface area (Å²) in [4.78, 5) is 11.0. The number of ether oxygens (including phenoxy) is 1. The molecule has 0 spiro atoms. The molecular weight excluding hydrogens is 166 g/mol. The minimum absolute atomic E-state index is 0.204. The summed E-state index contributed by atoms with van der Waals surface area (Å²) < 4.78 is 5.25. The van der Waals surface area contributed by atoms with Crippen molar-refractivity contribution in [3.05, 3.63) is 24.3 Å². The van der Waals surface area contributed by atoms with Crippen LogP contribution in [0, 0.1) is 5.92 Å². The smallest absolute Gasteiger partial charge is 0.407 e. The van der Waals surface area contributed by atoms with Gasteiger partial charge in [-0.2, -0.15) is 0 Å². The van der Waals surface area contributed by atoms with Crippen LogP contribution in [-0.4, -0.2) is 18.7 Å². The van der Waals surface area contributed by atoms with E-state index in [2.05, 4.69) is 5.32 Å². The van der Waals surface area contributed by atoms with Crippen LogP contribution in [0.2, 0.25) is 0 Å². The van der Waals surface area contributed by atoms with E-state index < -0.39 is 11.7 Å². The monoisotopic (exact) mass is 181 g/mol. The van der Waals surface area contributed by atoms with E-state index in [9.17, 15) is 4.79 Å². The van der Waals surface area contributed by atoms with Crippen molar-refractivity contribution in [3.8, 4) is 0 Å². The molecular formula is C10H15NO2. The van der Waals surface area contributed by atoms with Crippen molar-refractivity contribution >= 4 is 6.09 Å². The van der Waals surface area contributed by atoms with Gasteiger partial charge in [0.05, 0.1) is 0 Å². The quantitative estimate of drug-likeness (QED) is 0.670. The summed E-state index contributed by atoms with van der Waals surface area (Å²) in [6, 6.07) is 0. The van der Waals surface area contributed by atoms with E-state index in [1.54, 1.807) is 7.05 Å². The molecule has 0 saturated heterocycles. The van der Waals surface area contributed by atoms with E-state index in [-0.39, 0.29) is 5.92 Å². The first-order valence-electron chi connectivity index (χ1n) is 4.35. The zero-order valence-corrected chi connectivity index (χ0v) is 8.20. The van der Waals surface area contributed by atoms with Gasteiger partial charge in [-0.05, 0) is 13.0 Å². The lowest BCUT2D eigenvalue weighted by atomic mass is 9.87. The third kappa shape index (κ3) is 2.11. The number of hydrogen-bond donors (Lipinski definition) is 1. The predicted molar refractivity (Wildman–Crippen MR) is 51.4 cm³/mol. The highest BCUT2D eigenvalue weighted by molar-refractivity contribution is 5.67. The second kappa shape index (κ2) is 3.64. The second-order valence-corrected chi connectivity index (χ2v) is 3.36. The van der Waals surface area contributed by atoms with Crippen molar-refractivity contribution in [1.29, 1.82) is 0 Å². The minimum atomic E-state index is -0.519. The standard InChI is InChI=1S/C10H15NO2/c1-8-6-4-5-7-10(8,2)13-9(12)11-3/h4-8H,1-3H3,(H,11,12). The third-order valence-corrected chi connectivity index (χ3v) is 2.36. The first kappa shape index (κ1) is 9.84. The average molecular weight is 181 g/mol. The van der Waals surface area contributed by atoms with E-state index >= 15 is 0 Å². The largest absolute Gasteiger partial charge is 0.438 e. The number of carbonyl (C=O) groups is 1. The molecule has 1 aliphatic rings. The summed E-state index contributed by atoms with van der Waals surface area (Å²) in [6.45, 7) is 3.91. The van der Waals surface area contributed by atoms with Gasteiger partial charge >= 0.3 is 6.09 Å². The van der Waals surface area contributed by atoms with Gasteiger partial charge in [0.15, 0.2) is 0 Å². The van der Waals surface area contributed by atoms with E-state index in [0.717, 1.165) is 0 Å². The van der Waals surface area contributed by atoms with Crippen molar-refractivity contribution in [3.63, 3.8) is 0 Å². The number of nitrogens with one attached hydrogen (secondary N) is 1. The molecule has 1 rings (SSSR count). The topological polar surface area (TPSA) is 38.3 Å². The molecule has 13 heavy (non-hydrogen) atoms. The van der Waals surface area contributed by atoms with Gasteiger partial charge in [0.1, 0.15) is 5.60 Å². The Morgan fingerprint density at radius 2 is 2.23 bits per heavy atom. The second-order valence-electron chi connectivity index (χ2n) is 3.36. The molecule has 3 heteroatoms. The van der Waals surface area contributed by atoms with Gasteiger partial charge < -0.3 is 10.1 Å². The van der Waals surface area contributed by atoms with Crippen LogP contribution in [0.25, 0.3) is 0 Å². The molecule has 0 heterocycles. The summed E-state index contributed by atoms with van der Waals surface area (Å²) in [7, 11) is 1.55. The summed E-state index contributed by atoms with van der Waals surface area (Å²) in [5, 5.41) is 2.44. The molecule has 0 aromatic rings. The lowest BCUT2D eigenvalue weighted by Crippen LogP contribution is -2.39. The normalized spacial score (nSPS) is 31.5. The molecule has 1 aliphatic carbocycles. The highest BCUT2D eigenvalue weighted by Gasteiger charge is 2.31. The van der Waals surface area contributed by atoms with Gasteiger partial charge in [0.25, 0.3) is 0 Å². The Morgan fingerprint density at radius 3 is 2.77 bits per heavy atom. The van der Waals surface area contributed by atoms with Crippen molar-refractivity contribution in [2.24, 2.45) is 5.92 Å². The Morgan fingerprint density at radius 1 is 1.54 bits per heavy atom. The lowest BCUT2D eigenvalue weighted by Gasteiger charge is -2.32.